The summed E-state index contributed by atoms with van der Waals surface area (Å²) in [6.07, 6.45) is -4.03. The molecule has 0 saturated carbocycles. The molecule has 2 N–H and O–H groups in total. The van der Waals surface area contributed by atoms with Crippen LogP contribution in [0.4, 0.5) is 13.2 Å². The van der Waals surface area contributed by atoms with Gasteiger partial charge in [-0.25, -0.2) is 0 Å². The predicted molar refractivity (Wildman–Crippen MR) is 51.0 cm³/mol. The van der Waals surface area contributed by atoms with Crippen molar-refractivity contribution in [1.82, 2.24) is 4.90 Å². The number of hydrogen-bond acceptors (Lipinski definition) is 3. The minimum atomic E-state index is -4.35. The SMILES string of the molecule is CCC(N)C(N(C)CCC#N)C(F)(F)F. The van der Waals surface area contributed by atoms with Gasteiger partial charge < -0.3 is 5.73 Å². The predicted octanol–water partition coefficient (Wildman–Crippen LogP) is 1.50. The molecule has 0 aliphatic rings. The number of hydrogen-bond donors (Lipinski definition) is 1. The molecule has 88 valence electrons. The number of nitrogens with zero attached hydrogens (tertiary/aromatic N) is 2. The molecule has 0 saturated heterocycles. The Kier molecular flexibility index (Phi) is 5.61. The Labute approximate surface area is 87.6 Å². The zero-order chi connectivity index (χ0) is 12.1. The topological polar surface area (TPSA) is 53.0 Å². The second kappa shape index (κ2) is 5.93. The molecule has 3 nitrogen and oxygen atoms in total. The van der Waals surface area contributed by atoms with Crippen molar-refractivity contribution in [1.29, 1.82) is 5.26 Å². The summed E-state index contributed by atoms with van der Waals surface area (Å²) < 4.78 is 37.9. The summed E-state index contributed by atoms with van der Waals surface area (Å²) in [6, 6.07) is -0.809. The van der Waals surface area contributed by atoms with Crippen LogP contribution in [0.5, 0.6) is 0 Å². The molecule has 0 rings (SSSR count). The van der Waals surface area contributed by atoms with E-state index in [-0.39, 0.29) is 19.4 Å². The Bertz CT molecular complexity index is 222. The van der Waals surface area contributed by atoms with E-state index in [2.05, 4.69) is 0 Å². The lowest BCUT2D eigenvalue weighted by Gasteiger charge is -2.33. The summed E-state index contributed by atoms with van der Waals surface area (Å²) in [5, 5.41) is 8.31. The molecular weight excluding hydrogens is 207 g/mol. The van der Waals surface area contributed by atoms with Gasteiger partial charge in [-0.15, -0.1) is 0 Å². The lowest BCUT2D eigenvalue weighted by Crippen LogP contribution is -2.54. The van der Waals surface area contributed by atoms with E-state index < -0.39 is 18.3 Å². The van der Waals surface area contributed by atoms with Crippen LogP contribution in [0.3, 0.4) is 0 Å². The fourth-order valence-electron chi connectivity index (χ4n) is 1.41. The molecule has 15 heavy (non-hydrogen) atoms. The van der Waals surface area contributed by atoms with Crippen molar-refractivity contribution in [2.75, 3.05) is 13.6 Å². The maximum absolute atomic E-state index is 12.6. The number of nitriles is 1. The van der Waals surface area contributed by atoms with E-state index in [0.29, 0.717) is 0 Å². The van der Waals surface area contributed by atoms with E-state index in [4.69, 9.17) is 11.0 Å². The molecule has 0 aromatic carbocycles. The lowest BCUT2D eigenvalue weighted by atomic mass is 10.0. The average Bonchev–Trinajstić information content (AvgIpc) is 2.12. The van der Waals surface area contributed by atoms with Crippen LogP contribution >= 0.6 is 0 Å². The van der Waals surface area contributed by atoms with Gasteiger partial charge in [0.1, 0.15) is 6.04 Å². The normalized spacial score (nSPS) is 16.1. The third kappa shape index (κ3) is 4.49. The van der Waals surface area contributed by atoms with Gasteiger partial charge in [-0.05, 0) is 13.5 Å². The van der Waals surface area contributed by atoms with Gasteiger partial charge >= 0.3 is 6.18 Å². The highest BCUT2D eigenvalue weighted by molar-refractivity contribution is 4.87. The van der Waals surface area contributed by atoms with Gasteiger partial charge in [-0.1, -0.05) is 6.92 Å². The minimum absolute atomic E-state index is 0.0690. The Morgan fingerprint density at radius 3 is 2.33 bits per heavy atom. The van der Waals surface area contributed by atoms with Crippen LogP contribution in [-0.4, -0.2) is 36.8 Å². The van der Waals surface area contributed by atoms with Crippen LogP contribution in [0.15, 0.2) is 0 Å². The monoisotopic (exact) mass is 223 g/mol. The Balaban J connectivity index is 4.57. The maximum Gasteiger partial charge on any atom is 0.405 e. The summed E-state index contributed by atoms with van der Waals surface area (Å²) in [5.74, 6) is 0. The van der Waals surface area contributed by atoms with Gasteiger partial charge in [-0.2, -0.15) is 18.4 Å². The first kappa shape index (κ1) is 14.2. The highest BCUT2D eigenvalue weighted by Crippen LogP contribution is 2.26. The third-order valence-electron chi connectivity index (χ3n) is 2.26. The van der Waals surface area contributed by atoms with Crippen LogP contribution in [0, 0.1) is 11.3 Å². The van der Waals surface area contributed by atoms with Crippen molar-refractivity contribution in [3.8, 4) is 6.07 Å². The molecule has 2 unspecified atom stereocenters. The van der Waals surface area contributed by atoms with Gasteiger partial charge in [0.15, 0.2) is 0 Å². The molecule has 0 spiro atoms. The number of rotatable bonds is 5. The van der Waals surface area contributed by atoms with E-state index in [1.165, 1.54) is 7.05 Å². The van der Waals surface area contributed by atoms with Crippen LogP contribution < -0.4 is 5.73 Å². The van der Waals surface area contributed by atoms with Crippen molar-refractivity contribution in [3.63, 3.8) is 0 Å². The minimum Gasteiger partial charge on any atom is -0.326 e. The number of alkyl halides is 3. The van der Waals surface area contributed by atoms with Crippen molar-refractivity contribution >= 4 is 0 Å². The molecule has 0 aromatic heterocycles. The molecule has 0 aliphatic carbocycles. The molecule has 0 aromatic rings. The molecule has 6 heteroatoms. The van der Waals surface area contributed by atoms with Crippen LogP contribution in [0.2, 0.25) is 0 Å². The molecule has 0 amide bonds. The van der Waals surface area contributed by atoms with Gasteiger partial charge in [-0.3, -0.25) is 4.90 Å². The van der Waals surface area contributed by atoms with Crippen LogP contribution in [-0.2, 0) is 0 Å². The zero-order valence-electron chi connectivity index (χ0n) is 8.88. The first-order chi connectivity index (χ1) is 6.84. The molecule has 0 fully saturated rings. The number of nitrogens with two attached hydrogens (primary N) is 1. The quantitative estimate of drug-likeness (QED) is 0.768. The first-order valence-corrected chi connectivity index (χ1v) is 4.74. The van der Waals surface area contributed by atoms with Crippen molar-refractivity contribution in [2.45, 2.75) is 38.0 Å². The molecule has 0 bridgehead atoms. The highest BCUT2D eigenvalue weighted by Gasteiger charge is 2.45. The van der Waals surface area contributed by atoms with E-state index in [9.17, 15) is 13.2 Å². The van der Waals surface area contributed by atoms with E-state index in [0.717, 1.165) is 4.90 Å². The molecular formula is C9H16F3N3. The second-order valence-electron chi connectivity index (χ2n) is 3.45. The first-order valence-electron chi connectivity index (χ1n) is 4.74. The standard InChI is InChI=1S/C9H16F3N3/c1-3-7(14)8(9(10,11)12)15(2)6-4-5-13/h7-8H,3-4,6,14H2,1-2H3. The Morgan fingerprint density at radius 1 is 1.47 bits per heavy atom. The largest absolute Gasteiger partial charge is 0.405 e. The van der Waals surface area contributed by atoms with E-state index >= 15 is 0 Å². The third-order valence-corrected chi connectivity index (χ3v) is 2.26. The molecule has 0 aliphatic heterocycles. The van der Waals surface area contributed by atoms with Crippen molar-refractivity contribution in [2.24, 2.45) is 5.73 Å². The average molecular weight is 223 g/mol. The van der Waals surface area contributed by atoms with Crippen LogP contribution in [0.25, 0.3) is 0 Å². The van der Waals surface area contributed by atoms with Crippen LogP contribution in [0.1, 0.15) is 19.8 Å². The molecule has 0 radical (unpaired) electrons. The fourth-order valence-corrected chi connectivity index (χ4v) is 1.41. The van der Waals surface area contributed by atoms with Gasteiger partial charge in [0.2, 0.25) is 0 Å². The Hall–Kier alpha value is -0.800. The van der Waals surface area contributed by atoms with Gasteiger partial charge in [0, 0.05) is 19.0 Å². The summed E-state index contributed by atoms with van der Waals surface area (Å²) in [7, 11) is 1.34. The van der Waals surface area contributed by atoms with Crippen molar-refractivity contribution in [3.05, 3.63) is 0 Å². The summed E-state index contributed by atoms with van der Waals surface area (Å²) in [5.41, 5.74) is 5.43. The summed E-state index contributed by atoms with van der Waals surface area (Å²) >= 11 is 0. The Morgan fingerprint density at radius 2 is 2.00 bits per heavy atom. The van der Waals surface area contributed by atoms with Gasteiger partial charge in [0.05, 0.1) is 6.07 Å². The summed E-state index contributed by atoms with van der Waals surface area (Å²) in [6.45, 7) is 1.69. The molecule has 0 heterocycles. The van der Waals surface area contributed by atoms with Crippen molar-refractivity contribution < 1.29 is 13.2 Å². The number of halogens is 3. The highest BCUT2D eigenvalue weighted by atomic mass is 19.4. The zero-order valence-corrected chi connectivity index (χ0v) is 8.88. The smallest absolute Gasteiger partial charge is 0.326 e. The second-order valence-corrected chi connectivity index (χ2v) is 3.45. The lowest BCUT2D eigenvalue weighted by molar-refractivity contribution is -0.185. The fraction of sp³-hybridized carbons (Fsp3) is 0.889. The maximum atomic E-state index is 12.6. The molecule has 2 atom stereocenters. The van der Waals surface area contributed by atoms with Gasteiger partial charge in [0.25, 0.3) is 0 Å². The van der Waals surface area contributed by atoms with E-state index in [1.54, 1.807) is 6.92 Å². The van der Waals surface area contributed by atoms with E-state index in [1.807, 2.05) is 6.07 Å². The number of likely N-dealkylation sites (N-methyl/N-ethyl adjacent to an activating group) is 1. The summed E-state index contributed by atoms with van der Waals surface area (Å²) in [4.78, 5) is 1.09.